The molecule has 1 aromatic carbocycles. The van der Waals surface area contributed by atoms with Crippen LogP contribution in [-0.2, 0) is 4.79 Å². The van der Waals surface area contributed by atoms with Crippen LogP contribution in [0.3, 0.4) is 0 Å². The van der Waals surface area contributed by atoms with Crippen molar-refractivity contribution >= 4 is 23.4 Å². The molecule has 4 nitrogen and oxygen atoms in total. The maximum atomic E-state index is 11.6. The zero-order valence-corrected chi connectivity index (χ0v) is 11.7. The highest BCUT2D eigenvalue weighted by atomic mass is 32.2. The molecule has 0 heterocycles. The van der Waals surface area contributed by atoms with Gasteiger partial charge in [-0.1, -0.05) is 13.0 Å². The lowest BCUT2D eigenvalue weighted by atomic mass is 10.2. The number of amides is 1. The van der Waals surface area contributed by atoms with E-state index in [0.717, 1.165) is 29.2 Å². The maximum absolute atomic E-state index is 11.6. The summed E-state index contributed by atoms with van der Waals surface area (Å²) in [5.41, 5.74) is 1.35. The van der Waals surface area contributed by atoms with Gasteiger partial charge >= 0.3 is 0 Å². The Kier molecular flexibility index (Phi) is 4.69. The van der Waals surface area contributed by atoms with Crippen LogP contribution in [0.2, 0.25) is 0 Å². The molecule has 0 bridgehead atoms. The van der Waals surface area contributed by atoms with Crippen molar-refractivity contribution in [2.75, 3.05) is 17.6 Å². The quantitative estimate of drug-likeness (QED) is 0.782. The summed E-state index contributed by atoms with van der Waals surface area (Å²) < 4.78 is 0. The standard InChI is InChI=1S/C14H17N3OS/c1-2-19-13-5-3-4-12(11(13)8-15)16-9-14(18)17-10-6-7-10/h3-5,10,16H,2,6-7,9H2,1H3,(H,17,18). The summed E-state index contributed by atoms with van der Waals surface area (Å²) in [7, 11) is 0. The molecule has 1 aromatic rings. The fourth-order valence-corrected chi connectivity index (χ4v) is 2.54. The first-order chi connectivity index (χ1) is 9.24. The maximum Gasteiger partial charge on any atom is 0.239 e. The van der Waals surface area contributed by atoms with Crippen molar-refractivity contribution in [2.45, 2.75) is 30.7 Å². The highest BCUT2D eigenvalue weighted by molar-refractivity contribution is 7.99. The van der Waals surface area contributed by atoms with Crippen molar-refractivity contribution in [3.05, 3.63) is 23.8 Å². The molecule has 1 fully saturated rings. The SMILES string of the molecule is CCSc1cccc(NCC(=O)NC2CC2)c1C#N. The summed E-state index contributed by atoms with van der Waals surface area (Å²) in [6, 6.07) is 8.25. The van der Waals surface area contributed by atoms with E-state index in [1.165, 1.54) is 0 Å². The number of hydrogen-bond acceptors (Lipinski definition) is 4. The van der Waals surface area contributed by atoms with Gasteiger partial charge in [-0.25, -0.2) is 0 Å². The molecule has 0 saturated heterocycles. The third kappa shape index (κ3) is 3.90. The van der Waals surface area contributed by atoms with Crippen molar-refractivity contribution < 1.29 is 4.79 Å². The summed E-state index contributed by atoms with van der Waals surface area (Å²) in [5, 5.41) is 15.2. The van der Waals surface area contributed by atoms with E-state index in [1.807, 2.05) is 18.2 Å². The van der Waals surface area contributed by atoms with Crippen molar-refractivity contribution in [3.8, 4) is 6.07 Å². The third-order valence-electron chi connectivity index (χ3n) is 2.82. The molecule has 1 aliphatic carbocycles. The second kappa shape index (κ2) is 6.48. The van der Waals surface area contributed by atoms with Gasteiger partial charge in [-0.3, -0.25) is 4.79 Å². The van der Waals surface area contributed by atoms with Gasteiger partial charge in [0, 0.05) is 10.9 Å². The summed E-state index contributed by atoms with van der Waals surface area (Å²) in [4.78, 5) is 12.6. The van der Waals surface area contributed by atoms with Gasteiger partial charge in [-0.15, -0.1) is 11.8 Å². The van der Waals surface area contributed by atoms with E-state index in [9.17, 15) is 10.1 Å². The first kappa shape index (κ1) is 13.8. The van der Waals surface area contributed by atoms with E-state index >= 15 is 0 Å². The molecule has 0 radical (unpaired) electrons. The lowest BCUT2D eigenvalue weighted by Crippen LogP contribution is -2.31. The van der Waals surface area contributed by atoms with Crippen LogP contribution in [-0.4, -0.2) is 24.2 Å². The Morgan fingerprint density at radius 1 is 1.53 bits per heavy atom. The number of anilines is 1. The van der Waals surface area contributed by atoms with Crippen LogP contribution in [0.5, 0.6) is 0 Å². The number of thioether (sulfide) groups is 1. The average molecular weight is 275 g/mol. The molecular weight excluding hydrogens is 258 g/mol. The van der Waals surface area contributed by atoms with Crippen LogP contribution in [0.15, 0.2) is 23.1 Å². The monoisotopic (exact) mass is 275 g/mol. The number of nitriles is 1. The van der Waals surface area contributed by atoms with Crippen LogP contribution < -0.4 is 10.6 Å². The Morgan fingerprint density at radius 2 is 2.32 bits per heavy atom. The molecular formula is C14H17N3OS. The highest BCUT2D eigenvalue weighted by Gasteiger charge is 2.23. The van der Waals surface area contributed by atoms with E-state index < -0.39 is 0 Å². The first-order valence-corrected chi connectivity index (χ1v) is 7.42. The molecule has 5 heteroatoms. The fourth-order valence-electron chi connectivity index (χ4n) is 1.75. The Balaban J connectivity index is 2.00. The molecule has 1 saturated carbocycles. The van der Waals surface area contributed by atoms with E-state index in [-0.39, 0.29) is 12.5 Å². The van der Waals surface area contributed by atoms with Crippen molar-refractivity contribution in [1.82, 2.24) is 5.32 Å². The normalized spacial score (nSPS) is 13.7. The number of rotatable bonds is 6. The van der Waals surface area contributed by atoms with Crippen LogP contribution in [0.4, 0.5) is 5.69 Å². The number of carbonyl (C=O) groups is 1. The average Bonchev–Trinajstić information content (AvgIpc) is 3.21. The number of carbonyl (C=O) groups excluding carboxylic acids is 1. The third-order valence-corrected chi connectivity index (χ3v) is 3.76. The van der Waals surface area contributed by atoms with Gasteiger partial charge in [0.1, 0.15) is 6.07 Å². The van der Waals surface area contributed by atoms with Gasteiger partial charge in [-0.05, 0) is 30.7 Å². The van der Waals surface area contributed by atoms with Gasteiger partial charge < -0.3 is 10.6 Å². The summed E-state index contributed by atoms with van der Waals surface area (Å²) >= 11 is 1.63. The van der Waals surface area contributed by atoms with Crippen molar-refractivity contribution in [3.63, 3.8) is 0 Å². The van der Waals surface area contributed by atoms with Gasteiger partial charge in [0.05, 0.1) is 17.8 Å². The number of nitrogens with one attached hydrogen (secondary N) is 2. The molecule has 1 aliphatic rings. The summed E-state index contributed by atoms with van der Waals surface area (Å²) in [6.07, 6.45) is 2.16. The molecule has 2 N–H and O–H groups in total. The lowest BCUT2D eigenvalue weighted by molar-refractivity contribution is -0.119. The zero-order chi connectivity index (χ0) is 13.7. The van der Waals surface area contributed by atoms with Crippen LogP contribution >= 0.6 is 11.8 Å². The predicted octanol–water partition coefficient (Wildman–Crippen LogP) is 2.36. The van der Waals surface area contributed by atoms with Crippen LogP contribution in [0.1, 0.15) is 25.3 Å². The second-order valence-corrected chi connectivity index (χ2v) is 5.72. The molecule has 100 valence electrons. The van der Waals surface area contributed by atoms with E-state index in [2.05, 4.69) is 23.6 Å². The van der Waals surface area contributed by atoms with Gasteiger partial charge in [0.2, 0.25) is 5.91 Å². The molecule has 0 unspecified atom stereocenters. The molecule has 0 aromatic heterocycles. The minimum Gasteiger partial charge on any atom is -0.375 e. The van der Waals surface area contributed by atoms with E-state index in [4.69, 9.17) is 0 Å². The van der Waals surface area contributed by atoms with Crippen molar-refractivity contribution in [2.24, 2.45) is 0 Å². The molecule has 2 rings (SSSR count). The number of hydrogen-bond donors (Lipinski definition) is 2. The number of nitrogens with zero attached hydrogens (tertiary/aromatic N) is 1. The van der Waals surface area contributed by atoms with Crippen LogP contribution in [0, 0.1) is 11.3 Å². The first-order valence-electron chi connectivity index (χ1n) is 6.43. The smallest absolute Gasteiger partial charge is 0.239 e. The highest BCUT2D eigenvalue weighted by Crippen LogP contribution is 2.27. The minimum atomic E-state index is -0.0139. The minimum absolute atomic E-state index is 0.0139. The van der Waals surface area contributed by atoms with Gasteiger partial charge in [-0.2, -0.15) is 5.26 Å². The Labute approximate surface area is 117 Å². The van der Waals surface area contributed by atoms with Gasteiger partial charge in [0.15, 0.2) is 0 Å². The van der Waals surface area contributed by atoms with E-state index in [0.29, 0.717) is 11.6 Å². The molecule has 0 spiro atoms. The van der Waals surface area contributed by atoms with Crippen molar-refractivity contribution in [1.29, 1.82) is 5.26 Å². The molecule has 19 heavy (non-hydrogen) atoms. The fraction of sp³-hybridized carbons (Fsp3) is 0.429. The largest absolute Gasteiger partial charge is 0.375 e. The lowest BCUT2D eigenvalue weighted by Gasteiger charge is -2.11. The Hall–Kier alpha value is -1.67. The number of benzene rings is 1. The second-order valence-electron chi connectivity index (χ2n) is 4.42. The summed E-state index contributed by atoms with van der Waals surface area (Å²) in [6.45, 7) is 2.26. The summed E-state index contributed by atoms with van der Waals surface area (Å²) in [5.74, 6) is 0.903. The van der Waals surface area contributed by atoms with E-state index in [1.54, 1.807) is 11.8 Å². The van der Waals surface area contributed by atoms with Gasteiger partial charge in [0.25, 0.3) is 0 Å². The Bertz CT molecular complexity index is 506. The molecule has 1 amide bonds. The van der Waals surface area contributed by atoms with Crippen LogP contribution in [0.25, 0.3) is 0 Å². The zero-order valence-electron chi connectivity index (χ0n) is 10.9. The Morgan fingerprint density at radius 3 is 2.95 bits per heavy atom. The topological polar surface area (TPSA) is 64.9 Å². The predicted molar refractivity (Wildman–Crippen MR) is 77.2 cm³/mol. The molecule has 0 aliphatic heterocycles. The molecule has 0 atom stereocenters.